The van der Waals surface area contributed by atoms with Crippen molar-refractivity contribution in [2.75, 3.05) is 11.9 Å². The molecule has 0 radical (unpaired) electrons. The Morgan fingerprint density at radius 3 is 2.62 bits per heavy atom. The molecule has 1 saturated heterocycles. The molecule has 1 aliphatic heterocycles. The summed E-state index contributed by atoms with van der Waals surface area (Å²) >= 11 is 12.4. The van der Waals surface area contributed by atoms with E-state index in [9.17, 15) is 18.4 Å². The van der Waals surface area contributed by atoms with Gasteiger partial charge < -0.3 is 10.1 Å². The van der Waals surface area contributed by atoms with Gasteiger partial charge in [0.2, 0.25) is 5.95 Å². The minimum atomic E-state index is -0.951. The zero-order chi connectivity index (χ0) is 29.5. The lowest BCUT2D eigenvalue weighted by molar-refractivity contribution is 0.0942. The monoisotopic (exact) mass is 617 g/mol. The molecule has 1 unspecified atom stereocenters. The lowest BCUT2D eigenvalue weighted by Crippen LogP contribution is -2.43. The van der Waals surface area contributed by atoms with Gasteiger partial charge in [-0.15, -0.1) is 0 Å². The minimum absolute atomic E-state index is 0.0825. The third-order valence-corrected chi connectivity index (χ3v) is 7.42. The SMILES string of the molecule is Cn1cnc(Cn2c(=O)nc(Nc3cc4cn(CC5CCCO5)nc4cc3Cl)n(Cc3cc(Cl)c(F)cc3F)c2=O)n1. The highest BCUT2D eigenvalue weighted by molar-refractivity contribution is 6.34. The molecule has 0 bridgehead atoms. The van der Waals surface area contributed by atoms with Crippen molar-refractivity contribution in [3.8, 4) is 0 Å². The van der Waals surface area contributed by atoms with Crippen LogP contribution in [0.1, 0.15) is 24.2 Å². The van der Waals surface area contributed by atoms with E-state index >= 15 is 0 Å². The van der Waals surface area contributed by atoms with Crippen LogP contribution in [0.25, 0.3) is 10.9 Å². The van der Waals surface area contributed by atoms with Crippen LogP contribution in [0.15, 0.2) is 46.4 Å². The van der Waals surface area contributed by atoms with E-state index in [1.807, 2.05) is 6.20 Å². The molecule has 12 nitrogen and oxygen atoms in total. The molecule has 2 aromatic carbocycles. The molecule has 1 atom stereocenters. The Labute approximate surface area is 246 Å². The molecule has 1 aliphatic rings. The van der Waals surface area contributed by atoms with Crippen molar-refractivity contribution in [1.29, 1.82) is 0 Å². The van der Waals surface area contributed by atoms with Gasteiger partial charge in [0.05, 0.1) is 47.0 Å². The maximum atomic E-state index is 14.7. The van der Waals surface area contributed by atoms with Gasteiger partial charge in [-0.3, -0.25) is 13.9 Å². The fourth-order valence-corrected chi connectivity index (χ4v) is 5.15. The van der Waals surface area contributed by atoms with E-state index < -0.39 is 29.6 Å². The Bertz CT molecular complexity index is 1930. The molecule has 4 heterocycles. The van der Waals surface area contributed by atoms with Gasteiger partial charge in [-0.25, -0.2) is 27.9 Å². The van der Waals surface area contributed by atoms with Crippen LogP contribution in [0.4, 0.5) is 20.4 Å². The number of aromatic nitrogens is 8. The minimum Gasteiger partial charge on any atom is -0.376 e. The van der Waals surface area contributed by atoms with E-state index in [1.54, 1.807) is 23.9 Å². The average molecular weight is 618 g/mol. The number of benzene rings is 2. The maximum absolute atomic E-state index is 14.7. The third-order valence-electron chi connectivity index (χ3n) is 6.82. The molecule has 1 N–H and O–H groups in total. The fraction of sp³-hybridized carbons (Fsp3) is 0.308. The Morgan fingerprint density at radius 2 is 1.88 bits per heavy atom. The van der Waals surface area contributed by atoms with Gasteiger partial charge in [0.15, 0.2) is 5.82 Å². The first kappa shape index (κ1) is 28.0. The number of rotatable bonds is 8. The van der Waals surface area contributed by atoms with Crippen LogP contribution >= 0.6 is 23.2 Å². The number of anilines is 2. The van der Waals surface area contributed by atoms with Crippen LogP contribution in [-0.4, -0.2) is 51.4 Å². The van der Waals surface area contributed by atoms with Gasteiger partial charge in [-0.05, 0) is 31.0 Å². The second kappa shape index (κ2) is 11.3. The van der Waals surface area contributed by atoms with Crippen molar-refractivity contribution in [1.82, 2.24) is 38.7 Å². The highest BCUT2D eigenvalue weighted by Crippen LogP contribution is 2.30. The van der Waals surface area contributed by atoms with Gasteiger partial charge in [0.1, 0.15) is 18.0 Å². The van der Waals surface area contributed by atoms with E-state index in [0.29, 0.717) is 23.8 Å². The highest BCUT2D eigenvalue weighted by atomic mass is 35.5. The molecule has 218 valence electrons. The van der Waals surface area contributed by atoms with E-state index in [2.05, 4.69) is 25.5 Å². The molecule has 1 fully saturated rings. The molecule has 16 heteroatoms. The first-order chi connectivity index (χ1) is 20.1. The molecular weight excluding hydrogens is 595 g/mol. The molecule has 6 rings (SSSR count). The largest absolute Gasteiger partial charge is 0.376 e. The van der Waals surface area contributed by atoms with Gasteiger partial charge in [0, 0.05) is 36.9 Å². The summed E-state index contributed by atoms with van der Waals surface area (Å²) < 4.78 is 39.3. The molecule has 0 saturated carbocycles. The second-order valence-electron chi connectivity index (χ2n) is 9.87. The summed E-state index contributed by atoms with van der Waals surface area (Å²) in [5.41, 5.74) is -0.888. The highest BCUT2D eigenvalue weighted by Gasteiger charge is 2.20. The van der Waals surface area contributed by atoms with Crippen molar-refractivity contribution in [2.45, 2.75) is 38.6 Å². The standard InChI is InChI=1S/C26H23Cl2F2N9O3/c1-36-13-31-23(35-36)12-39-25(40)33-24(38(26(39)41)10-14-5-17(27)20(30)8-19(14)29)32-22-6-15-9-37(11-16-3-2-4-42-16)34-21(15)7-18(22)28/h5-9,13,16H,2-4,10-12H2,1H3,(H,32,33,40). The Balaban J connectivity index is 1.40. The zero-order valence-corrected chi connectivity index (χ0v) is 23.6. The summed E-state index contributed by atoms with van der Waals surface area (Å²) in [7, 11) is 1.64. The van der Waals surface area contributed by atoms with E-state index in [4.69, 9.17) is 27.9 Å². The van der Waals surface area contributed by atoms with Crippen LogP contribution < -0.4 is 16.7 Å². The zero-order valence-electron chi connectivity index (χ0n) is 22.1. The number of hydrogen-bond acceptors (Lipinski definition) is 8. The number of fused-ring (bicyclic) bond motifs is 1. The van der Waals surface area contributed by atoms with Crippen LogP contribution in [0.3, 0.4) is 0 Å². The summed E-state index contributed by atoms with van der Waals surface area (Å²) in [6.45, 7) is 0.598. The summed E-state index contributed by atoms with van der Waals surface area (Å²) in [5, 5.41) is 12.3. The Hall–Kier alpha value is -4.14. The van der Waals surface area contributed by atoms with Crippen molar-refractivity contribution < 1.29 is 13.5 Å². The van der Waals surface area contributed by atoms with Gasteiger partial charge in [-0.1, -0.05) is 23.2 Å². The quantitative estimate of drug-likeness (QED) is 0.262. The van der Waals surface area contributed by atoms with Gasteiger partial charge in [0.25, 0.3) is 0 Å². The Morgan fingerprint density at radius 1 is 1.05 bits per heavy atom. The summed E-state index contributed by atoms with van der Waals surface area (Å²) in [6, 6.07) is 5.03. The Kier molecular flexibility index (Phi) is 7.51. The lowest BCUT2D eigenvalue weighted by Gasteiger charge is -2.16. The predicted octanol–water partition coefficient (Wildman–Crippen LogP) is 3.49. The molecule has 0 amide bonds. The average Bonchev–Trinajstić information content (AvgIpc) is 3.69. The normalized spacial score (nSPS) is 15.1. The van der Waals surface area contributed by atoms with Crippen LogP contribution in [0, 0.1) is 11.6 Å². The number of halogens is 4. The topological polar surface area (TPSA) is 127 Å². The molecular formula is C26H23Cl2F2N9O3. The van der Waals surface area contributed by atoms with Crippen molar-refractivity contribution in [3.05, 3.63) is 90.8 Å². The molecule has 42 heavy (non-hydrogen) atoms. The molecule has 0 aliphatic carbocycles. The summed E-state index contributed by atoms with van der Waals surface area (Å²) in [6.07, 6.45) is 5.30. The smallest absolute Gasteiger partial charge is 0.355 e. The summed E-state index contributed by atoms with van der Waals surface area (Å²) in [5.74, 6) is -1.91. The first-order valence-electron chi connectivity index (χ1n) is 12.9. The number of nitrogens with zero attached hydrogens (tertiary/aromatic N) is 8. The molecule has 3 aromatic heterocycles. The number of hydrogen-bond donors (Lipinski definition) is 1. The van der Waals surface area contributed by atoms with Gasteiger partial charge >= 0.3 is 11.4 Å². The number of nitrogens with one attached hydrogen (secondary N) is 1. The maximum Gasteiger partial charge on any atom is 0.355 e. The number of aryl methyl sites for hydroxylation is 1. The predicted molar refractivity (Wildman–Crippen MR) is 150 cm³/mol. The first-order valence-corrected chi connectivity index (χ1v) is 13.6. The van der Waals surface area contributed by atoms with Crippen LogP contribution in [0.2, 0.25) is 10.0 Å². The molecule has 5 aromatic rings. The lowest BCUT2D eigenvalue weighted by atomic mass is 10.2. The number of ether oxygens (including phenoxy) is 1. The van der Waals surface area contributed by atoms with E-state index in [-0.39, 0.29) is 40.0 Å². The van der Waals surface area contributed by atoms with Crippen molar-refractivity contribution in [3.63, 3.8) is 0 Å². The van der Waals surface area contributed by atoms with Gasteiger partial charge in [-0.2, -0.15) is 15.2 Å². The fourth-order valence-electron chi connectivity index (χ4n) is 4.76. The van der Waals surface area contributed by atoms with Crippen molar-refractivity contribution in [2.24, 2.45) is 7.05 Å². The summed E-state index contributed by atoms with van der Waals surface area (Å²) in [4.78, 5) is 34.8. The third kappa shape index (κ3) is 5.65. The van der Waals surface area contributed by atoms with Crippen molar-refractivity contribution >= 4 is 45.7 Å². The van der Waals surface area contributed by atoms with E-state index in [1.165, 1.54) is 11.0 Å². The van der Waals surface area contributed by atoms with E-state index in [0.717, 1.165) is 40.0 Å². The second-order valence-corrected chi connectivity index (χ2v) is 10.7. The van der Waals surface area contributed by atoms with Crippen LogP contribution in [-0.2, 0) is 31.4 Å². The van der Waals surface area contributed by atoms with Crippen LogP contribution in [0.5, 0.6) is 0 Å². The molecule has 0 spiro atoms.